The normalized spacial score (nSPS) is 13.8. The highest BCUT2D eigenvalue weighted by Crippen LogP contribution is 2.12. The first-order chi connectivity index (χ1) is 9.49. The van der Waals surface area contributed by atoms with E-state index in [2.05, 4.69) is 10.5 Å². The third-order valence-electron chi connectivity index (χ3n) is 3.26. The van der Waals surface area contributed by atoms with Crippen LogP contribution in [0.3, 0.4) is 0 Å². The van der Waals surface area contributed by atoms with Crippen LogP contribution in [0.1, 0.15) is 31.4 Å². The van der Waals surface area contributed by atoms with E-state index >= 15 is 0 Å². The molecule has 1 atom stereocenters. The highest BCUT2D eigenvalue weighted by Gasteiger charge is 2.13. The molecule has 0 spiro atoms. The van der Waals surface area contributed by atoms with Crippen LogP contribution in [0.2, 0.25) is 0 Å². The molecule has 5 nitrogen and oxygen atoms in total. The van der Waals surface area contributed by atoms with Gasteiger partial charge < -0.3 is 21.4 Å². The number of nitrogens with one attached hydrogen (secondary N) is 1. The fourth-order valence-electron chi connectivity index (χ4n) is 1.96. The van der Waals surface area contributed by atoms with Crippen molar-refractivity contribution < 1.29 is 14.7 Å². The van der Waals surface area contributed by atoms with Crippen molar-refractivity contribution in [2.24, 2.45) is 16.8 Å². The van der Waals surface area contributed by atoms with Gasteiger partial charge in [0.15, 0.2) is 5.84 Å². The lowest BCUT2D eigenvalue weighted by atomic mass is 10.0. The summed E-state index contributed by atoms with van der Waals surface area (Å²) in [6.07, 6.45) is 0.626. The predicted molar refractivity (Wildman–Crippen MR) is 76.1 cm³/mol. The molecule has 0 saturated carbocycles. The third-order valence-corrected chi connectivity index (χ3v) is 3.26. The summed E-state index contributed by atoms with van der Waals surface area (Å²) in [5, 5.41) is 23.6. The molecule has 1 unspecified atom stereocenters. The van der Waals surface area contributed by atoms with Gasteiger partial charge in [-0.1, -0.05) is 31.1 Å². The number of aliphatic hydroxyl groups excluding tert-OH is 1. The quantitative estimate of drug-likeness (QED) is 0.264. The average Bonchev–Trinajstić information content (AvgIpc) is 2.43. The molecular formula is C14H22FN3O2. The number of aliphatic hydroxyl groups is 1. The Hall–Kier alpha value is -1.66. The highest BCUT2D eigenvalue weighted by molar-refractivity contribution is 5.97. The third kappa shape index (κ3) is 4.47. The molecule has 6 heteroatoms. The van der Waals surface area contributed by atoms with E-state index in [4.69, 9.17) is 16.0 Å². The standard InChI is InChI=1S/C14H22FN3O2/c1-9(2)13(5-6-19)17-8-11-4-3-10(7-12(11)15)14(16)18-20/h3-4,7,9,13,17,19-20H,5-6,8H2,1-2H3,(H2,16,18). The van der Waals surface area contributed by atoms with Gasteiger partial charge >= 0.3 is 0 Å². The van der Waals surface area contributed by atoms with Crippen LogP contribution in [0.25, 0.3) is 0 Å². The minimum absolute atomic E-state index is 0.0980. The maximum Gasteiger partial charge on any atom is 0.170 e. The van der Waals surface area contributed by atoms with E-state index in [0.717, 1.165) is 0 Å². The van der Waals surface area contributed by atoms with Crippen molar-refractivity contribution in [2.45, 2.75) is 32.9 Å². The van der Waals surface area contributed by atoms with Gasteiger partial charge in [0.1, 0.15) is 5.82 Å². The van der Waals surface area contributed by atoms with Crippen molar-refractivity contribution in [2.75, 3.05) is 6.61 Å². The molecule has 0 saturated heterocycles. The molecule has 0 aliphatic rings. The van der Waals surface area contributed by atoms with E-state index in [0.29, 0.717) is 30.0 Å². The summed E-state index contributed by atoms with van der Waals surface area (Å²) in [6.45, 7) is 4.56. The maximum absolute atomic E-state index is 13.9. The Bertz CT molecular complexity index is 464. The van der Waals surface area contributed by atoms with Crippen LogP contribution in [0, 0.1) is 11.7 Å². The molecule has 1 aromatic carbocycles. The number of halogens is 1. The molecular weight excluding hydrogens is 261 g/mol. The number of nitrogens with zero attached hydrogens (tertiary/aromatic N) is 1. The molecule has 0 radical (unpaired) electrons. The monoisotopic (exact) mass is 283 g/mol. The smallest absolute Gasteiger partial charge is 0.170 e. The van der Waals surface area contributed by atoms with Gasteiger partial charge in [-0.25, -0.2) is 4.39 Å². The van der Waals surface area contributed by atoms with E-state index < -0.39 is 5.82 Å². The van der Waals surface area contributed by atoms with Crippen LogP contribution in [0.15, 0.2) is 23.4 Å². The van der Waals surface area contributed by atoms with Gasteiger partial charge in [0.05, 0.1) is 0 Å². The van der Waals surface area contributed by atoms with E-state index in [-0.39, 0.29) is 18.5 Å². The van der Waals surface area contributed by atoms with Crippen molar-refractivity contribution in [3.05, 3.63) is 35.1 Å². The molecule has 0 amide bonds. The Morgan fingerprint density at radius 3 is 2.65 bits per heavy atom. The second-order valence-corrected chi connectivity index (χ2v) is 5.04. The van der Waals surface area contributed by atoms with Gasteiger partial charge in [-0.05, 0) is 18.4 Å². The van der Waals surface area contributed by atoms with Crippen LogP contribution in [-0.4, -0.2) is 28.8 Å². The Morgan fingerprint density at radius 1 is 1.45 bits per heavy atom. The van der Waals surface area contributed by atoms with Crippen LogP contribution in [0.5, 0.6) is 0 Å². The number of hydrogen-bond acceptors (Lipinski definition) is 4. The van der Waals surface area contributed by atoms with Gasteiger partial charge in [0.25, 0.3) is 0 Å². The molecule has 0 heterocycles. The highest BCUT2D eigenvalue weighted by atomic mass is 19.1. The SMILES string of the molecule is CC(C)C(CCO)NCc1ccc(/C(N)=N/O)cc1F. The first-order valence-corrected chi connectivity index (χ1v) is 6.60. The zero-order chi connectivity index (χ0) is 15.1. The Morgan fingerprint density at radius 2 is 2.15 bits per heavy atom. The fraction of sp³-hybridized carbons (Fsp3) is 0.500. The van der Waals surface area contributed by atoms with Crippen LogP contribution in [0.4, 0.5) is 4.39 Å². The van der Waals surface area contributed by atoms with Crippen LogP contribution >= 0.6 is 0 Å². The number of oxime groups is 1. The molecule has 5 N–H and O–H groups in total. The number of rotatable bonds is 7. The Labute approximate surface area is 118 Å². The molecule has 0 aromatic heterocycles. The van der Waals surface area contributed by atoms with Crippen molar-refractivity contribution in [1.29, 1.82) is 0 Å². The van der Waals surface area contributed by atoms with E-state index in [1.165, 1.54) is 6.07 Å². The molecule has 1 rings (SSSR count). The molecule has 0 bridgehead atoms. The first kappa shape index (κ1) is 16.4. The largest absolute Gasteiger partial charge is 0.409 e. The minimum atomic E-state index is -0.409. The van der Waals surface area contributed by atoms with Crippen molar-refractivity contribution in [3.63, 3.8) is 0 Å². The number of benzene rings is 1. The summed E-state index contributed by atoms with van der Waals surface area (Å²) in [4.78, 5) is 0. The lowest BCUT2D eigenvalue weighted by Gasteiger charge is -2.21. The lowest BCUT2D eigenvalue weighted by molar-refractivity contribution is 0.243. The van der Waals surface area contributed by atoms with Crippen LogP contribution < -0.4 is 11.1 Å². The lowest BCUT2D eigenvalue weighted by Crippen LogP contribution is -2.34. The molecule has 0 aliphatic heterocycles. The summed E-state index contributed by atoms with van der Waals surface area (Å²) in [7, 11) is 0. The molecule has 20 heavy (non-hydrogen) atoms. The number of hydrogen-bond donors (Lipinski definition) is 4. The van der Waals surface area contributed by atoms with Gasteiger partial charge in [0.2, 0.25) is 0 Å². The summed E-state index contributed by atoms with van der Waals surface area (Å²) in [5.74, 6) is -0.182. The number of amidine groups is 1. The summed E-state index contributed by atoms with van der Waals surface area (Å²) in [6, 6.07) is 4.57. The molecule has 0 aliphatic carbocycles. The zero-order valence-corrected chi connectivity index (χ0v) is 11.8. The van der Waals surface area contributed by atoms with Crippen molar-refractivity contribution in [3.8, 4) is 0 Å². The first-order valence-electron chi connectivity index (χ1n) is 6.60. The van der Waals surface area contributed by atoms with E-state index in [1.807, 2.05) is 13.8 Å². The average molecular weight is 283 g/mol. The van der Waals surface area contributed by atoms with Crippen molar-refractivity contribution in [1.82, 2.24) is 5.32 Å². The predicted octanol–water partition coefficient (Wildman–Crippen LogP) is 1.42. The van der Waals surface area contributed by atoms with E-state index in [1.54, 1.807) is 12.1 Å². The van der Waals surface area contributed by atoms with Gasteiger partial charge in [-0.2, -0.15) is 0 Å². The zero-order valence-electron chi connectivity index (χ0n) is 11.8. The number of nitrogens with two attached hydrogens (primary N) is 1. The van der Waals surface area contributed by atoms with Gasteiger partial charge in [0, 0.05) is 30.3 Å². The Kier molecular flexibility index (Phi) is 6.41. The summed E-state index contributed by atoms with van der Waals surface area (Å²) >= 11 is 0. The molecule has 1 aromatic rings. The fourth-order valence-corrected chi connectivity index (χ4v) is 1.96. The maximum atomic E-state index is 13.9. The van der Waals surface area contributed by atoms with Gasteiger partial charge in [-0.3, -0.25) is 0 Å². The second kappa shape index (κ2) is 7.81. The van der Waals surface area contributed by atoms with Crippen molar-refractivity contribution >= 4 is 5.84 Å². The van der Waals surface area contributed by atoms with E-state index in [9.17, 15) is 4.39 Å². The van der Waals surface area contributed by atoms with Crippen LogP contribution in [-0.2, 0) is 6.54 Å². The molecule has 112 valence electrons. The summed E-state index contributed by atoms with van der Waals surface area (Å²) < 4.78 is 13.9. The Balaban J connectivity index is 2.73. The minimum Gasteiger partial charge on any atom is -0.409 e. The van der Waals surface area contributed by atoms with Gasteiger partial charge in [-0.15, -0.1) is 0 Å². The topological polar surface area (TPSA) is 90.9 Å². The molecule has 0 fully saturated rings. The summed E-state index contributed by atoms with van der Waals surface area (Å²) in [5.41, 5.74) is 6.24. The second-order valence-electron chi connectivity index (χ2n) is 5.04.